The number of likely N-dealkylation sites (tertiary alicyclic amines) is 1. The Morgan fingerprint density at radius 3 is 2.50 bits per heavy atom. The predicted octanol–water partition coefficient (Wildman–Crippen LogP) is 1.88. The molecule has 0 amide bonds. The third-order valence-electron chi connectivity index (χ3n) is 3.32. The molecule has 0 aromatic carbocycles. The molecule has 96 valence electrons. The van der Waals surface area contributed by atoms with E-state index in [0.717, 1.165) is 12.6 Å². The van der Waals surface area contributed by atoms with E-state index < -0.39 is 0 Å². The number of unbranched alkanes of at least 4 members (excludes halogenated alkanes) is 1. The second kappa shape index (κ2) is 8.04. The maximum atomic E-state index is 5.54. The summed E-state index contributed by atoms with van der Waals surface area (Å²) in [7, 11) is 2.07. The van der Waals surface area contributed by atoms with Crippen molar-refractivity contribution in [1.82, 2.24) is 10.2 Å². The van der Waals surface area contributed by atoms with Crippen LogP contribution in [0.1, 0.15) is 39.5 Å². The Morgan fingerprint density at radius 2 is 1.94 bits per heavy atom. The van der Waals surface area contributed by atoms with Crippen LogP contribution in [0.25, 0.3) is 0 Å². The van der Waals surface area contributed by atoms with Crippen molar-refractivity contribution in [2.75, 3.05) is 33.3 Å². The average Bonchev–Trinajstić information content (AvgIpc) is 2.29. The molecule has 0 aromatic heterocycles. The molecule has 0 radical (unpaired) electrons. The quantitative estimate of drug-likeness (QED) is 0.673. The van der Waals surface area contributed by atoms with E-state index >= 15 is 0 Å². The van der Waals surface area contributed by atoms with Crippen LogP contribution in [0, 0.1) is 0 Å². The van der Waals surface area contributed by atoms with Crippen molar-refractivity contribution in [3.8, 4) is 0 Å². The molecule has 0 atom stereocenters. The highest BCUT2D eigenvalue weighted by atomic mass is 16.5. The molecule has 1 aliphatic rings. The van der Waals surface area contributed by atoms with Gasteiger partial charge in [0.05, 0.1) is 6.10 Å². The molecule has 1 aliphatic heterocycles. The molecular weight excluding hydrogens is 200 g/mol. The van der Waals surface area contributed by atoms with Gasteiger partial charge in [-0.2, -0.15) is 0 Å². The standard InChI is InChI=1S/C13H28N2O/c1-12(2)16-11-5-4-8-15-9-6-13(14-3)7-10-15/h12-14H,4-11H2,1-3H3. The van der Waals surface area contributed by atoms with Gasteiger partial charge >= 0.3 is 0 Å². The van der Waals surface area contributed by atoms with Gasteiger partial charge in [0.15, 0.2) is 0 Å². The van der Waals surface area contributed by atoms with E-state index in [1.165, 1.54) is 45.3 Å². The number of piperidine rings is 1. The normalized spacial score (nSPS) is 19.5. The minimum absolute atomic E-state index is 0.381. The van der Waals surface area contributed by atoms with Gasteiger partial charge in [0.25, 0.3) is 0 Å². The van der Waals surface area contributed by atoms with Crippen LogP contribution in [0.15, 0.2) is 0 Å². The van der Waals surface area contributed by atoms with Gasteiger partial charge in [-0.1, -0.05) is 0 Å². The van der Waals surface area contributed by atoms with Gasteiger partial charge in [-0.3, -0.25) is 0 Å². The van der Waals surface area contributed by atoms with E-state index in [9.17, 15) is 0 Å². The van der Waals surface area contributed by atoms with Crippen LogP contribution >= 0.6 is 0 Å². The smallest absolute Gasteiger partial charge is 0.0518 e. The highest BCUT2D eigenvalue weighted by molar-refractivity contribution is 4.75. The molecule has 0 spiro atoms. The largest absolute Gasteiger partial charge is 0.379 e. The minimum atomic E-state index is 0.381. The molecule has 3 nitrogen and oxygen atoms in total. The van der Waals surface area contributed by atoms with Crippen LogP contribution in [0.4, 0.5) is 0 Å². The number of hydrogen-bond donors (Lipinski definition) is 1. The highest BCUT2D eigenvalue weighted by Crippen LogP contribution is 2.10. The summed E-state index contributed by atoms with van der Waals surface area (Å²) in [5, 5.41) is 3.37. The number of nitrogens with one attached hydrogen (secondary N) is 1. The first kappa shape index (κ1) is 13.9. The van der Waals surface area contributed by atoms with Gasteiger partial charge < -0.3 is 15.0 Å². The van der Waals surface area contributed by atoms with Gasteiger partial charge in [0.1, 0.15) is 0 Å². The van der Waals surface area contributed by atoms with Crippen molar-refractivity contribution in [2.45, 2.75) is 51.7 Å². The first-order valence-corrected chi connectivity index (χ1v) is 6.73. The van der Waals surface area contributed by atoms with Crippen molar-refractivity contribution in [2.24, 2.45) is 0 Å². The Kier molecular flexibility index (Phi) is 7.01. The average molecular weight is 228 g/mol. The fourth-order valence-corrected chi connectivity index (χ4v) is 2.20. The van der Waals surface area contributed by atoms with Crippen LogP contribution in [0.2, 0.25) is 0 Å². The van der Waals surface area contributed by atoms with E-state index in [4.69, 9.17) is 4.74 Å². The summed E-state index contributed by atoms with van der Waals surface area (Å²) >= 11 is 0. The van der Waals surface area contributed by atoms with Crippen molar-refractivity contribution in [3.63, 3.8) is 0 Å². The highest BCUT2D eigenvalue weighted by Gasteiger charge is 2.16. The molecule has 0 saturated carbocycles. The SMILES string of the molecule is CNC1CCN(CCCCOC(C)C)CC1. The molecule has 1 saturated heterocycles. The molecule has 16 heavy (non-hydrogen) atoms. The number of hydrogen-bond acceptors (Lipinski definition) is 3. The third-order valence-corrected chi connectivity index (χ3v) is 3.32. The van der Waals surface area contributed by atoms with Crippen LogP contribution in [0.3, 0.4) is 0 Å². The number of rotatable bonds is 7. The fourth-order valence-electron chi connectivity index (χ4n) is 2.20. The number of nitrogens with zero attached hydrogens (tertiary/aromatic N) is 1. The van der Waals surface area contributed by atoms with Gasteiger partial charge in [-0.15, -0.1) is 0 Å². The van der Waals surface area contributed by atoms with Crippen molar-refractivity contribution in [1.29, 1.82) is 0 Å². The molecule has 3 heteroatoms. The van der Waals surface area contributed by atoms with Gasteiger partial charge in [0.2, 0.25) is 0 Å². The van der Waals surface area contributed by atoms with E-state index in [-0.39, 0.29) is 0 Å². The fraction of sp³-hybridized carbons (Fsp3) is 1.00. The second-order valence-electron chi connectivity index (χ2n) is 5.03. The molecule has 0 aliphatic carbocycles. The first-order valence-electron chi connectivity index (χ1n) is 6.73. The van der Waals surface area contributed by atoms with Gasteiger partial charge in [-0.05, 0) is 66.2 Å². The van der Waals surface area contributed by atoms with Crippen LogP contribution in [0.5, 0.6) is 0 Å². The maximum Gasteiger partial charge on any atom is 0.0518 e. The monoisotopic (exact) mass is 228 g/mol. The Bertz CT molecular complexity index is 165. The minimum Gasteiger partial charge on any atom is -0.379 e. The Balaban J connectivity index is 1.94. The van der Waals surface area contributed by atoms with Crippen LogP contribution < -0.4 is 5.32 Å². The summed E-state index contributed by atoms with van der Waals surface area (Å²) in [6.45, 7) is 8.89. The first-order chi connectivity index (χ1) is 7.72. The van der Waals surface area contributed by atoms with E-state index in [1.54, 1.807) is 0 Å². The second-order valence-corrected chi connectivity index (χ2v) is 5.03. The maximum absolute atomic E-state index is 5.54. The Morgan fingerprint density at radius 1 is 1.25 bits per heavy atom. The predicted molar refractivity (Wildman–Crippen MR) is 68.8 cm³/mol. The molecule has 1 N–H and O–H groups in total. The van der Waals surface area contributed by atoms with E-state index in [0.29, 0.717) is 6.10 Å². The lowest BCUT2D eigenvalue weighted by Crippen LogP contribution is -2.41. The van der Waals surface area contributed by atoms with Crippen molar-refractivity contribution in [3.05, 3.63) is 0 Å². The molecule has 1 heterocycles. The lowest BCUT2D eigenvalue weighted by Gasteiger charge is -2.31. The lowest BCUT2D eigenvalue weighted by atomic mass is 10.1. The van der Waals surface area contributed by atoms with Crippen molar-refractivity contribution >= 4 is 0 Å². The zero-order valence-electron chi connectivity index (χ0n) is 11.2. The summed E-state index contributed by atoms with van der Waals surface area (Å²) in [6.07, 6.45) is 5.46. The molecule has 1 fully saturated rings. The van der Waals surface area contributed by atoms with E-state index in [1.807, 2.05) is 0 Å². The van der Waals surface area contributed by atoms with Gasteiger partial charge in [-0.25, -0.2) is 0 Å². The zero-order chi connectivity index (χ0) is 11.8. The molecule has 0 unspecified atom stereocenters. The molecular formula is C13H28N2O. The van der Waals surface area contributed by atoms with Crippen LogP contribution in [-0.2, 0) is 4.74 Å². The number of ether oxygens (including phenoxy) is 1. The summed E-state index contributed by atoms with van der Waals surface area (Å²) in [6, 6.07) is 0.750. The Hall–Kier alpha value is -0.120. The molecule has 1 rings (SSSR count). The van der Waals surface area contributed by atoms with Gasteiger partial charge in [0, 0.05) is 12.6 Å². The Labute approximate surface area is 101 Å². The zero-order valence-corrected chi connectivity index (χ0v) is 11.2. The summed E-state index contributed by atoms with van der Waals surface area (Å²) in [5.41, 5.74) is 0. The topological polar surface area (TPSA) is 24.5 Å². The van der Waals surface area contributed by atoms with Crippen molar-refractivity contribution < 1.29 is 4.74 Å². The third kappa shape index (κ3) is 5.83. The molecule has 0 bridgehead atoms. The molecule has 0 aromatic rings. The summed E-state index contributed by atoms with van der Waals surface area (Å²) in [4.78, 5) is 2.59. The summed E-state index contributed by atoms with van der Waals surface area (Å²) in [5.74, 6) is 0. The van der Waals surface area contributed by atoms with E-state index in [2.05, 4.69) is 31.1 Å². The van der Waals surface area contributed by atoms with Crippen LogP contribution in [-0.4, -0.2) is 50.3 Å². The summed E-state index contributed by atoms with van der Waals surface area (Å²) < 4.78 is 5.54. The lowest BCUT2D eigenvalue weighted by molar-refractivity contribution is 0.0734.